The maximum atomic E-state index is 12.6. The van der Waals surface area contributed by atoms with E-state index in [2.05, 4.69) is 35.3 Å². The summed E-state index contributed by atoms with van der Waals surface area (Å²) in [6.45, 7) is 6.54. The molecule has 4 rings (SSSR count). The summed E-state index contributed by atoms with van der Waals surface area (Å²) in [6, 6.07) is 15.2. The molecule has 7 heteroatoms. The summed E-state index contributed by atoms with van der Waals surface area (Å²) in [5.74, 6) is 0.850. The molecule has 2 saturated heterocycles. The standard InChI is InChI=1S/C24H31N3O3S/c1-19-10-13-26(14-11-19)18-21-5-2-4-20(16-21)17-25-24(28)22-6-8-23(9-7-22)27-12-3-15-31(27,29)30/h2,4-9,16,19H,3,10-15,17-18H2,1H3,(H,25,28). The molecule has 0 spiro atoms. The number of benzene rings is 2. The molecule has 2 heterocycles. The van der Waals surface area contributed by atoms with Crippen LogP contribution in [0.5, 0.6) is 0 Å². The minimum atomic E-state index is -3.21. The summed E-state index contributed by atoms with van der Waals surface area (Å²) in [5.41, 5.74) is 3.50. The van der Waals surface area contributed by atoms with Crippen molar-refractivity contribution in [3.05, 3.63) is 65.2 Å². The lowest BCUT2D eigenvalue weighted by Crippen LogP contribution is -2.32. The molecule has 2 aliphatic heterocycles. The van der Waals surface area contributed by atoms with Gasteiger partial charge in [0.1, 0.15) is 0 Å². The summed E-state index contributed by atoms with van der Waals surface area (Å²) >= 11 is 0. The van der Waals surface area contributed by atoms with Crippen LogP contribution in [0.25, 0.3) is 0 Å². The number of hydrogen-bond donors (Lipinski definition) is 1. The number of nitrogens with zero attached hydrogens (tertiary/aromatic N) is 2. The van der Waals surface area contributed by atoms with Gasteiger partial charge in [0.15, 0.2) is 0 Å². The highest BCUT2D eigenvalue weighted by molar-refractivity contribution is 7.93. The van der Waals surface area contributed by atoms with E-state index in [0.717, 1.165) is 31.1 Å². The third-order valence-electron chi connectivity index (χ3n) is 6.24. The van der Waals surface area contributed by atoms with Crippen LogP contribution in [-0.2, 0) is 23.1 Å². The zero-order chi connectivity index (χ0) is 21.8. The van der Waals surface area contributed by atoms with Crippen LogP contribution in [0, 0.1) is 5.92 Å². The summed E-state index contributed by atoms with van der Waals surface area (Å²) in [7, 11) is -3.21. The second-order valence-electron chi connectivity index (χ2n) is 8.75. The molecule has 31 heavy (non-hydrogen) atoms. The number of rotatable bonds is 6. The van der Waals surface area contributed by atoms with Gasteiger partial charge < -0.3 is 5.32 Å². The monoisotopic (exact) mass is 441 g/mol. The molecule has 0 aliphatic carbocycles. The predicted molar refractivity (Wildman–Crippen MR) is 123 cm³/mol. The molecule has 0 aromatic heterocycles. The minimum absolute atomic E-state index is 0.161. The molecule has 166 valence electrons. The third-order valence-corrected chi connectivity index (χ3v) is 8.11. The summed E-state index contributed by atoms with van der Waals surface area (Å²) in [4.78, 5) is 15.1. The Morgan fingerprint density at radius 1 is 1.03 bits per heavy atom. The number of carbonyl (C=O) groups excluding carboxylic acids is 1. The number of carbonyl (C=O) groups is 1. The van der Waals surface area contributed by atoms with Gasteiger partial charge in [-0.3, -0.25) is 14.0 Å². The lowest BCUT2D eigenvalue weighted by atomic mass is 9.98. The predicted octanol–water partition coefficient (Wildman–Crippen LogP) is 3.39. The van der Waals surface area contributed by atoms with Crippen LogP contribution in [0.2, 0.25) is 0 Å². The Bertz CT molecular complexity index is 1010. The van der Waals surface area contributed by atoms with E-state index in [9.17, 15) is 13.2 Å². The Kier molecular flexibility index (Phi) is 6.62. The molecular weight excluding hydrogens is 410 g/mol. The van der Waals surface area contributed by atoms with Gasteiger partial charge in [0, 0.05) is 25.2 Å². The lowest BCUT2D eigenvalue weighted by molar-refractivity contribution is 0.0951. The van der Waals surface area contributed by atoms with E-state index in [0.29, 0.717) is 30.8 Å². The van der Waals surface area contributed by atoms with Crippen LogP contribution in [-0.4, -0.2) is 44.6 Å². The van der Waals surface area contributed by atoms with Crippen molar-refractivity contribution in [2.24, 2.45) is 5.92 Å². The minimum Gasteiger partial charge on any atom is -0.348 e. The smallest absolute Gasteiger partial charge is 0.251 e. The van der Waals surface area contributed by atoms with Crippen LogP contribution < -0.4 is 9.62 Å². The molecule has 2 fully saturated rings. The van der Waals surface area contributed by atoms with Gasteiger partial charge in [-0.15, -0.1) is 0 Å². The summed E-state index contributed by atoms with van der Waals surface area (Å²) in [6.07, 6.45) is 3.16. The average molecular weight is 442 g/mol. The number of anilines is 1. The summed E-state index contributed by atoms with van der Waals surface area (Å²) in [5, 5.41) is 2.97. The largest absolute Gasteiger partial charge is 0.348 e. The van der Waals surface area contributed by atoms with E-state index in [1.165, 1.54) is 22.7 Å². The highest BCUT2D eigenvalue weighted by atomic mass is 32.2. The molecule has 0 saturated carbocycles. The molecule has 6 nitrogen and oxygen atoms in total. The fourth-order valence-electron chi connectivity index (χ4n) is 4.31. The number of piperidine rings is 1. The maximum Gasteiger partial charge on any atom is 0.251 e. The molecule has 1 amide bonds. The van der Waals surface area contributed by atoms with Gasteiger partial charge in [0.25, 0.3) is 5.91 Å². The normalized spacial score (nSPS) is 19.5. The van der Waals surface area contributed by atoms with Gasteiger partial charge in [0.2, 0.25) is 10.0 Å². The van der Waals surface area contributed by atoms with Crippen LogP contribution in [0.15, 0.2) is 48.5 Å². The molecule has 2 aromatic rings. The number of hydrogen-bond acceptors (Lipinski definition) is 4. The van der Waals surface area contributed by atoms with Gasteiger partial charge >= 0.3 is 0 Å². The van der Waals surface area contributed by atoms with Gasteiger partial charge in [-0.05, 0) is 73.7 Å². The fraction of sp³-hybridized carbons (Fsp3) is 0.458. The van der Waals surface area contributed by atoms with Gasteiger partial charge in [-0.2, -0.15) is 0 Å². The van der Waals surface area contributed by atoms with E-state index >= 15 is 0 Å². The summed E-state index contributed by atoms with van der Waals surface area (Å²) < 4.78 is 25.5. The Morgan fingerprint density at radius 2 is 1.74 bits per heavy atom. The van der Waals surface area contributed by atoms with Crippen molar-refractivity contribution in [2.45, 2.75) is 39.3 Å². The topological polar surface area (TPSA) is 69.7 Å². The quantitative estimate of drug-likeness (QED) is 0.746. The van der Waals surface area contributed by atoms with Crippen molar-refractivity contribution >= 4 is 21.6 Å². The zero-order valence-electron chi connectivity index (χ0n) is 18.1. The van der Waals surface area contributed by atoms with Crippen molar-refractivity contribution in [1.82, 2.24) is 10.2 Å². The molecular formula is C24H31N3O3S. The zero-order valence-corrected chi connectivity index (χ0v) is 18.9. The fourth-order valence-corrected chi connectivity index (χ4v) is 5.87. The second-order valence-corrected chi connectivity index (χ2v) is 10.8. The van der Waals surface area contributed by atoms with Gasteiger partial charge in [0.05, 0.1) is 11.4 Å². The Hall–Kier alpha value is -2.38. The SMILES string of the molecule is CC1CCN(Cc2cccc(CNC(=O)c3ccc(N4CCCS4(=O)=O)cc3)c2)CC1. The Morgan fingerprint density at radius 3 is 2.42 bits per heavy atom. The van der Waals surface area contributed by atoms with Gasteiger partial charge in [-0.25, -0.2) is 8.42 Å². The lowest BCUT2D eigenvalue weighted by Gasteiger charge is -2.30. The van der Waals surface area contributed by atoms with Crippen molar-refractivity contribution in [2.75, 3.05) is 29.7 Å². The molecule has 0 atom stereocenters. The Balaban J connectivity index is 1.32. The number of sulfonamides is 1. The van der Waals surface area contributed by atoms with Crippen molar-refractivity contribution in [3.8, 4) is 0 Å². The van der Waals surface area contributed by atoms with Crippen LogP contribution in [0.3, 0.4) is 0 Å². The second kappa shape index (κ2) is 9.40. The molecule has 2 aliphatic rings. The van der Waals surface area contributed by atoms with E-state index < -0.39 is 10.0 Å². The number of nitrogens with one attached hydrogen (secondary N) is 1. The first kappa shape index (κ1) is 21.8. The van der Waals surface area contributed by atoms with Crippen molar-refractivity contribution < 1.29 is 13.2 Å². The highest BCUT2D eigenvalue weighted by Crippen LogP contribution is 2.24. The first-order valence-corrected chi connectivity index (χ1v) is 12.7. The number of likely N-dealkylation sites (tertiary alicyclic amines) is 1. The molecule has 0 radical (unpaired) electrons. The van der Waals surface area contributed by atoms with Crippen molar-refractivity contribution in [1.29, 1.82) is 0 Å². The molecule has 2 aromatic carbocycles. The van der Waals surface area contributed by atoms with Crippen LogP contribution >= 0.6 is 0 Å². The molecule has 1 N–H and O–H groups in total. The first-order chi connectivity index (χ1) is 14.9. The van der Waals surface area contributed by atoms with Crippen LogP contribution in [0.4, 0.5) is 5.69 Å². The highest BCUT2D eigenvalue weighted by Gasteiger charge is 2.28. The maximum absolute atomic E-state index is 12.6. The van der Waals surface area contributed by atoms with Crippen molar-refractivity contribution in [3.63, 3.8) is 0 Å². The van der Waals surface area contributed by atoms with E-state index in [1.54, 1.807) is 24.3 Å². The van der Waals surface area contributed by atoms with Crippen LogP contribution in [0.1, 0.15) is 47.7 Å². The van der Waals surface area contributed by atoms with E-state index in [1.807, 2.05) is 6.07 Å². The number of amides is 1. The van der Waals surface area contributed by atoms with E-state index in [4.69, 9.17) is 0 Å². The average Bonchev–Trinajstić information content (AvgIpc) is 3.13. The van der Waals surface area contributed by atoms with E-state index in [-0.39, 0.29) is 11.7 Å². The van der Waals surface area contributed by atoms with Gasteiger partial charge in [-0.1, -0.05) is 31.2 Å². The molecule has 0 unspecified atom stereocenters. The Labute approximate surface area is 185 Å². The third kappa shape index (κ3) is 5.46. The molecule has 0 bridgehead atoms. The first-order valence-electron chi connectivity index (χ1n) is 11.1.